The van der Waals surface area contributed by atoms with Gasteiger partial charge >= 0.3 is 0 Å². The van der Waals surface area contributed by atoms with E-state index < -0.39 is 0 Å². The van der Waals surface area contributed by atoms with Gasteiger partial charge in [-0.05, 0) is 23.1 Å². The van der Waals surface area contributed by atoms with Crippen LogP contribution in [0.3, 0.4) is 0 Å². The van der Waals surface area contributed by atoms with Crippen LogP contribution in [-0.2, 0) is 17.3 Å². The van der Waals surface area contributed by atoms with Crippen LogP contribution < -0.4 is 5.32 Å². The highest BCUT2D eigenvalue weighted by Crippen LogP contribution is 2.30. The molecule has 0 aliphatic rings. The molecule has 1 amide bonds. The molecule has 0 unspecified atom stereocenters. The number of hydrogen-bond acceptors (Lipinski definition) is 4. The second-order valence-electron chi connectivity index (χ2n) is 7.63. The van der Waals surface area contributed by atoms with Gasteiger partial charge in [-0.2, -0.15) is 0 Å². The van der Waals surface area contributed by atoms with Crippen molar-refractivity contribution < 1.29 is 4.79 Å². The van der Waals surface area contributed by atoms with Gasteiger partial charge in [0.1, 0.15) is 0 Å². The van der Waals surface area contributed by atoms with E-state index >= 15 is 0 Å². The topological polar surface area (TPSA) is 59.8 Å². The zero-order valence-electron chi connectivity index (χ0n) is 16.7. The molecule has 0 aliphatic carbocycles. The summed E-state index contributed by atoms with van der Waals surface area (Å²) in [5.41, 5.74) is 2.75. The number of para-hydroxylation sites is 1. The minimum atomic E-state index is -0.218. The third-order valence-electron chi connectivity index (χ3n) is 4.40. The minimum Gasteiger partial charge on any atom is -0.323 e. The van der Waals surface area contributed by atoms with Crippen LogP contribution in [0.25, 0.3) is 11.4 Å². The molecule has 0 radical (unpaired) electrons. The molecule has 1 N–H and O–H groups in total. The lowest BCUT2D eigenvalue weighted by molar-refractivity contribution is -0.113. The van der Waals surface area contributed by atoms with Gasteiger partial charge in [0.25, 0.3) is 0 Å². The van der Waals surface area contributed by atoms with Crippen LogP contribution in [0.1, 0.15) is 26.3 Å². The lowest BCUT2D eigenvalue weighted by atomic mass is 9.87. The van der Waals surface area contributed by atoms with Crippen LogP contribution in [0.4, 0.5) is 5.69 Å². The number of halogens is 2. The summed E-state index contributed by atoms with van der Waals surface area (Å²) < 4.78 is 1.88. The highest BCUT2D eigenvalue weighted by Gasteiger charge is 2.17. The van der Waals surface area contributed by atoms with E-state index in [9.17, 15) is 4.79 Å². The van der Waals surface area contributed by atoms with Crippen LogP contribution in [0.15, 0.2) is 47.6 Å². The SMILES string of the molecule is Cn1c(SCC(=O)Nc2c(Cl)cccc2Cl)nnc1-c1ccc(C(C)(C)C)cc1. The van der Waals surface area contributed by atoms with Gasteiger partial charge in [-0.3, -0.25) is 4.79 Å². The minimum absolute atomic E-state index is 0.0946. The molecule has 0 saturated heterocycles. The number of rotatable bonds is 5. The van der Waals surface area contributed by atoms with E-state index in [-0.39, 0.29) is 17.1 Å². The van der Waals surface area contributed by atoms with Crippen molar-refractivity contribution in [2.75, 3.05) is 11.1 Å². The molecule has 0 fully saturated rings. The first kappa shape index (κ1) is 21.7. The average molecular weight is 449 g/mol. The highest BCUT2D eigenvalue weighted by atomic mass is 35.5. The predicted molar refractivity (Wildman–Crippen MR) is 121 cm³/mol. The zero-order chi connectivity index (χ0) is 21.2. The molecule has 0 spiro atoms. The zero-order valence-corrected chi connectivity index (χ0v) is 19.0. The van der Waals surface area contributed by atoms with E-state index in [2.05, 4.69) is 48.4 Å². The summed E-state index contributed by atoms with van der Waals surface area (Å²) in [4.78, 5) is 12.3. The second kappa shape index (κ2) is 8.78. The maximum atomic E-state index is 12.3. The Morgan fingerprint density at radius 2 is 1.69 bits per heavy atom. The Kier molecular flexibility index (Phi) is 6.56. The van der Waals surface area contributed by atoms with Gasteiger partial charge in [0.2, 0.25) is 5.91 Å². The quantitative estimate of drug-likeness (QED) is 0.499. The first-order valence-corrected chi connectivity index (χ1v) is 10.8. The van der Waals surface area contributed by atoms with Crippen molar-refractivity contribution >= 4 is 46.6 Å². The van der Waals surface area contributed by atoms with Crippen LogP contribution in [0.2, 0.25) is 10.0 Å². The maximum absolute atomic E-state index is 12.3. The van der Waals surface area contributed by atoms with Crippen LogP contribution in [-0.4, -0.2) is 26.4 Å². The Morgan fingerprint density at radius 3 is 2.28 bits per heavy atom. The van der Waals surface area contributed by atoms with E-state index in [0.29, 0.717) is 20.9 Å². The van der Waals surface area contributed by atoms with Gasteiger partial charge in [-0.15, -0.1) is 10.2 Å². The van der Waals surface area contributed by atoms with Crippen molar-refractivity contribution in [2.24, 2.45) is 7.05 Å². The Bertz CT molecular complexity index is 1010. The smallest absolute Gasteiger partial charge is 0.234 e. The van der Waals surface area contributed by atoms with Crippen molar-refractivity contribution in [3.8, 4) is 11.4 Å². The van der Waals surface area contributed by atoms with Crippen molar-refractivity contribution in [3.63, 3.8) is 0 Å². The van der Waals surface area contributed by atoms with Gasteiger partial charge in [0, 0.05) is 12.6 Å². The number of carbonyl (C=O) groups excluding carboxylic acids is 1. The number of benzene rings is 2. The normalized spacial score (nSPS) is 11.5. The van der Waals surface area contributed by atoms with Crippen LogP contribution >= 0.6 is 35.0 Å². The fourth-order valence-electron chi connectivity index (χ4n) is 2.73. The number of carbonyl (C=O) groups is 1. The van der Waals surface area contributed by atoms with Gasteiger partial charge in [-0.1, -0.05) is 86.1 Å². The van der Waals surface area contributed by atoms with Crippen molar-refractivity contribution in [2.45, 2.75) is 31.3 Å². The molecule has 0 atom stereocenters. The molecule has 0 saturated carbocycles. The van der Waals surface area contributed by atoms with E-state index in [0.717, 1.165) is 11.4 Å². The molecule has 8 heteroatoms. The lowest BCUT2D eigenvalue weighted by Crippen LogP contribution is -2.15. The summed E-state index contributed by atoms with van der Waals surface area (Å²) in [6, 6.07) is 13.4. The fraction of sp³-hybridized carbons (Fsp3) is 0.286. The summed E-state index contributed by atoms with van der Waals surface area (Å²) in [5.74, 6) is 0.697. The largest absolute Gasteiger partial charge is 0.323 e. The standard InChI is InChI=1S/C21H22Cl2N4OS/c1-21(2,3)14-10-8-13(9-11-14)19-25-26-20(27(19)4)29-12-17(28)24-18-15(22)6-5-7-16(18)23/h5-11H,12H2,1-4H3,(H,24,28). The lowest BCUT2D eigenvalue weighted by Gasteiger charge is -2.19. The number of thioether (sulfide) groups is 1. The summed E-state index contributed by atoms with van der Waals surface area (Å²) in [5, 5.41) is 12.7. The van der Waals surface area contributed by atoms with Crippen LogP contribution in [0, 0.1) is 0 Å². The number of nitrogens with zero attached hydrogens (tertiary/aromatic N) is 3. The molecular formula is C21H22Cl2N4OS. The van der Waals surface area contributed by atoms with Crippen molar-refractivity contribution in [1.29, 1.82) is 0 Å². The number of anilines is 1. The molecule has 2 aromatic carbocycles. The van der Waals surface area contributed by atoms with Gasteiger partial charge < -0.3 is 9.88 Å². The molecule has 1 aromatic heterocycles. The third-order valence-corrected chi connectivity index (χ3v) is 6.05. The van der Waals surface area contributed by atoms with E-state index in [4.69, 9.17) is 23.2 Å². The Labute approximate surface area is 184 Å². The van der Waals surface area contributed by atoms with Crippen LogP contribution in [0.5, 0.6) is 0 Å². The highest BCUT2D eigenvalue weighted by molar-refractivity contribution is 7.99. The summed E-state index contributed by atoms with van der Waals surface area (Å²) >= 11 is 13.5. The average Bonchev–Trinajstić information content (AvgIpc) is 3.03. The second-order valence-corrected chi connectivity index (χ2v) is 9.38. The number of hydrogen-bond donors (Lipinski definition) is 1. The molecule has 0 bridgehead atoms. The predicted octanol–water partition coefficient (Wildman–Crippen LogP) is 5.82. The maximum Gasteiger partial charge on any atom is 0.234 e. The summed E-state index contributed by atoms with van der Waals surface area (Å²) in [7, 11) is 1.89. The third kappa shape index (κ3) is 5.13. The molecule has 1 heterocycles. The molecule has 152 valence electrons. The Balaban J connectivity index is 1.68. The number of amides is 1. The van der Waals surface area contributed by atoms with Gasteiger partial charge in [0.05, 0.1) is 21.5 Å². The first-order chi connectivity index (χ1) is 13.7. The molecule has 3 rings (SSSR count). The van der Waals surface area contributed by atoms with E-state index in [1.807, 2.05) is 23.7 Å². The van der Waals surface area contributed by atoms with Gasteiger partial charge in [0.15, 0.2) is 11.0 Å². The molecular weight excluding hydrogens is 427 g/mol. The molecule has 29 heavy (non-hydrogen) atoms. The Morgan fingerprint density at radius 1 is 1.07 bits per heavy atom. The molecule has 5 nitrogen and oxygen atoms in total. The monoisotopic (exact) mass is 448 g/mol. The van der Waals surface area contributed by atoms with Crippen molar-refractivity contribution in [3.05, 3.63) is 58.1 Å². The fourth-order valence-corrected chi connectivity index (χ4v) is 3.94. The molecule has 3 aromatic rings. The van der Waals surface area contributed by atoms with Crippen molar-refractivity contribution in [1.82, 2.24) is 14.8 Å². The summed E-state index contributed by atoms with van der Waals surface area (Å²) in [6.07, 6.45) is 0. The molecule has 0 aliphatic heterocycles. The Hall–Kier alpha value is -2.02. The van der Waals surface area contributed by atoms with Gasteiger partial charge in [-0.25, -0.2) is 0 Å². The number of nitrogens with one attached hydrogen (secondary N) is 1. The van der Waals surface area contributed by atoms with E-state index in [1.165, 1.54) is 17.3 Å². The first-order valence-electron chi connectivity index (χ1n) is 9.04. The van der Waals surface area contributed by atoms with E-state index in [1.54, 1.807) is 18.2 Å². The number of aromatic nitrogens is 3. The summed E-state index contributed by atoms with van der Waals surface area (Å²) in [6.45, 7) is 6.54.